The molecule has 7 atom stereocenters. The number of phenolic OH excluding ortho intramolecular Hbond substituents is 2. The molecule has 6 aliphatic rings. The average molecular weight is 990 g/mol. The van der Waals surface area contributed by atoms with E-state index in [0.717, 1.165) is 101 Å². The molecule has 7 unspecified atom stereocenters. The number of hydrogen-bond donors (Lipinski definition) is 7. The van der Waals surface area contributed by atoms with Gasteiger partial charge in [-0.05, 0) is 192 Å². The summed E-state index contributed by atoms with van der Waals surface area (Å²) in [5.74, 6) is 4.41. The maximum atomic E-state index is 13.5. The molecular weight excluding hydrogens is 911 g/mol. The number of aromatic hydroxyl groups is 2. The lowest BCUT2D eigenvalue weighted by Crippen LogP contribution is -2.50. The van der Waals surface area contributed by atoms with Crippen molar-refractivity contribution in [2.45, 2.75) is 142 Å². The van der Waals surface area contributed by atoms with Crippen molar-refractivity contribution in [1.82, 2.24) is 21.3 Å². The molecule has 3 fully saturated rings. The van der Waals surface area contributed by atoms with Crippen molar-refractivity contribution in [2.75, 3.05) is 44.6 Å². The molecule has 7 N–H and O–H groups in total. The number of thiocarbonyl (C=S) groups is 1. The second kappa shape index (κ2) is 22.1. The third kappa shape index (κ3) is 10.8. The number of alkyl carbamates (subject to hydrolysis) is 1. The zero-order valence-corrected chi connectivity index (χ0v) is 43.5. The Bertz CT molecular complexity index is 2390. The number of allylic oxidation sites excluding steroid dienone is 1. The molecule has 4 aliphatic carbocycles. The van der Waals surface area contributed by atoms with Gasteiger partial charge < -0.3 is 51.0 Å². The molecular formula is C58H79N5O7S. The van der Waals surface area contributed by atoms with Crippen molar-refractivity contribution in [3.8, 4) is 23.0 Å². The minimum Gasteiger partial charge on any atom is -0.508 e. The zero-order valence-electron chi connectivity index (χ0n) is 42.6. The Balaban J connectivity index is 0.606. The Morgan fingerprint density at radius 3 is 2.15 bits per heavy atom. The fraction of sp³-hybridized carbons (Fsp3) is 0.603. The Hall–Kier alpha value is -4.85. The summed E-state index contributed by atoms with van der Waals surface area (Å²) in [6.07, 6.45) is 21.7. The van der Waals surface area contributed by atoms with Gasteiger partial charge in [-0.3, -0.25) is 0 Å². The van der Waals surface area contributed by atoms with E-state index in [0.29, 0.717) is 63.1 Å². The second-order valence-electron chi connectivity index (χ2n) is 22.5. The van der Waals surface area contributed by atoms with Gasteiger partial charge in [0.1, 0.15) is 29.1 Å². The molecule has 0 bridgehead atoms. The highest BCUT2D eigenvalue weighted by molar-refractivity contribution is 7.80. The number of carbonyl (C=O) groups is 2. The van der Waals surface area contributed by atoms with Crippen molar-refractivity contribution in [1.29, 1.82) is 0 Å². The van der Waals surface area contributed by atoms with E-state index in [1.165, 1.54) is 82.1 Å². The van der Waals surface area contributed by atoms with E-state index in [1.807, 2.05) is 12.1 Å². The number of ether oxygens (including phenoxy) is 3. The SMILES string of the molecule is CC(C)CCCCC1CCC2C3CC=C4CC(OC(=O)NCCCNCCCCNCCCNC(=S)Nc5ccc6c(c5)C(=O)OC65c6ccc(O)cc6Oc6cc(O)ccc65)CCC4(C)C3CCC12C. The number of fused-ring (bicyclic) bond motifs is 11. The first-order valence-electron chi connectivity index (χ1n) is 27.1. The van der Waals surface area contributed by atoms with Crippen LogP contribution in [0.25, 0.3) is 0 Å². The normalized spacial score (nSPS) is 26.4. The van der Waals surface area contributed by atoms with Crippen molar-refractivity contribution >= 4 is 35.1 Å². The van der Waals surface area contributed by atoms with Gasteiger partial charge in [-0.25, -0.2) is 9.59 Å². The largest absolute Gasteiger partial charge is 0.508 e. The van der Waals surface area contributed by atoms with Crippen LogP contribution < -0.4 is 31.3 Å². The molecule has 0 radical (unpaired) electrons. The van der Waals surface area contributed by atoms with Crippen LogP contribution in [0.3, 0.4) is 0 Å². The Morgan fingerprint density at radius 2 is 1.45 bits per heavy atom. The van der Waals surface area contributed by atoms with Gasteiger partial charge in [0.15, 0.2) is 10.7 Å². The number of unbranched alkanes of at least 4 members (excludes halogenated alkanes) is 2. The number of anilines is 1. The first-order valence-corrected chi connectivity index (χ1v) is 27.5. The van der Waals surface area contributed by atoms with Crippen LogP contribution in [0.2, 0.25) is 0 Å². The Kier molecular flexibility index (Phi) is 15.9. The van der Waals surface area contributed by atoms with Gasteiger partial charge in [0.2, 0.25) is 0 Å². The molecule has 13 heteroatoms. The number of amides is 1. The highest BCUT2D eigenvalue weighted by Crippen LogP contribution is 2.67. The van der Waals surface area contributed by atoms with Crippen LogP contribution in [0.15, 0.2) is 66.2 Å². The summed E-state index contributed by atoms with van der Waals surface area (Å²) in [5.41, 5.74) is 3.87. The topological polar surface area (TPSA) is 162 Å². The Morgan fingerprint density at radius 1 is 0.775 bits per heavy atom. The molecule has 1 spiro atoms. The predicted molar refractivity (Wildman–Crippen MR) is 283 cm³/mol. The van der Waals surface area contributed by atoms with Crippen LogP contribution in [-0.2, 0) is 15.1 Å². The summed E-state index contributed by atoms with van der Waals surface area (Å²) >= 11 is 5.58. The lowest BCUT2D eigenvalue weighted by atomic mass is 9.47. The monoisotopic (exact) mass is 990 g/mol. The third-order valence-corrected chi connectivity index (χ3v) is 18.0. The van der Waals surface area contributed by atoms with Crippen molar-refractivity contribution in [3.05, 3.63) is 88.5 Å². The van der Waals surface area contributed by atoms with Gasteiger partial charge in [0.25, 0.3) is 0 Å². The van der Waals surface area contributed by atoms with E-state index < -0.39 is 11.6 Å². The molecule has 71 heavy (non-hydrogen) atoms. The third-order valence-electron chi connectivity index (χ3n) is 17.7. The van der Waals surface area contributed by atoms with Gasteiger partial charge in [0.05, 0.1) is 5.56 Å². The maximum absolute atomic E-state index is 13.5. The summed E-state index contributed by atoms with van der Waals surface area (Å²) in [6, 6.07) is 14.8. The van der Waals surface area contributed by atoms with Crippen LogP contribution in [0.5, 0.6) is 23.0 Å². The number of nitrogens with one attached hydrogen (secondary N) is 5. The quantitative estimate of drug-likeness (QED) is 0.0249. The number of hydrogen-bond acceptors (Lipinski definition) is 10. The van der Waals surface area contributed by atoms with Gasteiger partial charge in [-0.2, -0.15) is 0 Å². The molecule has 0 saturated heterocycles. The van der Waals surface area contributed by atoms with Crippen LogP contribution in [0, 0.1) is 40.4 Å². The summed E-state index contributed by atoms with van der Waals surface area (Å²) in [5, 5.41) is 37.3. The van der Waals surface area contributed by atoms with E-state index in [4.69, 9.17) is 26.4 Å². The van der Waals surface area contributed by atoms with E-state index >= 15 is 0 Å². The lowest BCUT2D eigenvalue weighted by molar-refractivity contribution is -0.0519. The van der Waals surface area contributed by atoms with E-state index in [1.54, 1.807) is 23.8 Å². The number of phenols is 2. The molecule has 1 amide bonds. The van der Waals surface area contributed by atoms with Gasteiger partial charge in [0, 0.05) is 54.0 Å². The first kappa shape index (κ1) is 51.1. The van der Waals surface area contributed by atoms with Crippen LogP contribution in [-0.4, -0.2) is 72.8 Å². The summed E-state index contributed by atoms with van der Waals surface area (Å²) in [7, 11) is 0. The van der Waals surface area contributed by atoms with Crippen LogP contribution >= 0.6 is 12.2 Å². The van der Waals surface area contributed by atoms with Crippen molar-refractivity contribution < 1.29 is 34.0 Å². The maximum Gasteiger partial charge on any atom is 0.407 e. The lowest BCUT2D eigenvalue weighted by Gasteiger charge is -2.58. The second-order valence-corrected chi connectivity index (χ2v) is 23.0. The molecule has 2 aliphatic heterocycles. The number of carbonyl (C=O) groups excluding carboxylic acids is 2. The Labute approximate surface area is 427 Å². The standard InChI is InChI=1S/C58H79N5O7S/c1-37(2)11-5-6-12-38-14-19-46-44-18-13-39-33-43(23-25-57(39,4)47(44)24-26-56(38,46)3)68-55(67)62-32-10-30-60-28-8-7-27-59-29-9-31-61-54(71)63-40-15-20-48-45(34-40)53(66)70-58(48)49-21-16-41(64)35-51(49)69-52-36-42(65)17-22-50(52)58/h13,15-17,20-22,34-38,43-44,46-47,59-60,64-65H,5-12,14,18-19,23-33H2,1-4H3,(H,62,67)(H2,61,63,71). The minimum absolute atomic E-state index is 0.00546. The van der Waals surface area contributed by atoms with Crippen LogP contribution in [0.1, 0.15) is 157 Å². The van der Waals surface area contributed by atoms with Gasteiger partial charge in [-0.1, -0.05) is 64.7 Å². The highest BCUT2D eigenvalue weighted by Gasteiger charge is 2.59. The van der Waals surface area contributed by atoms with Crippen LogP contribution in [0.4, 0.5) is 10.5 Å². The molecule has 12 nitrogen and oxygen atoms in total. The van der Waals surface area contributed by atoms with E-state index in [-0.39, 0.29) is 29.1 Å². The number of benzene rings is 3. The number of esters is 1. The summed E-state index contributed by atoms with van der Waals surface area (Å²) in [4.78, 5) is 26.3. The molecule has 3 aromatic rings. The fourth-order valence-corrected chi connectivity index (χ4v) is 14.2. The molecule has 3 aromatic carbocycles. The fourth-order valence-electron chi connectivity index (χ4n) is 14.0. The van der Waals surface area contributed by atoms with E-state index in [9.17, 15) is 19.8 Å². The molecule has 3 saturated carbocycles. The highest BCUT2D eigenvalue weighted by atomic mass is 32.1. The number of rotatable bonds is 20. The molecule has 2 heterocycles. The molecule has 0 aromatic heterocycles. The predicted octanol–water partition coefficient (Wildman–Crippen LogP) is 11.6. The van der Waals surface area contributed by atoms with Crippen molar-refractivity contribution in [2.24, 2.45) is 40.4 Å². The van der Waals surface area contributed by atoms with Gasteiger partial charge >= 0.3 is 12.1 Å². The van der Waals surface area contributed by atoms with Crippen molar-refractivity contribution in [3.63, 3.8) is 0 Å². The minimum atomic E-state index is -1.31. The molecule has 384 valence electrons. The smallest absolute Gasteiger partial charge is 0.407 e. The molecule has 9 rings (SSSR count). The van der Waals surface area contributed by atoms with Gasteiger partial charge in [-0.15, -0.1) is 0 Å². The average Bonchev–Trinajstić information content (AvgIpc) is 3.82. The van der Waals surface area contributed by atoms with E-state index in [2.05, 4.69) is 60.4 Å². The summed E-state index contributed by atoms with van der Waals surface area (Å²) in [6.45, 7) is 14.8. The summed E-state index contributed by atoms with van der Waals surface area (Å²) < 4.78 is 18.2. The first-order chi connectivity index (χ1) is 34.3. The zero-order chi connectivity index (χ0) is 49.8.